The monoisotopic (exact) mass is 270 g/mol. The lowest BCUT2D eigenvalue weighted by atomic mass is 9.95. The first-order valence-electron chi connectivity index (χ1n) is 5.63. The third-order valence-corrected chi connectivity index (χ3v) is 2.56. The molecule has 4 nitrogen and oxygen atoms in total. The summed E-state index contributed by atoms with van der Waals surface area (Å²) in [7, 11) is 0. The van der Waals surface area contributed by atoms with Crippen LogP contribution < -0.4 is 0 Å². The highest BCUT2D eigenvalue weighted by atomic mass is 19.4. The minimum Gasteiger partial charge on any atom is -0.273 e. The predicted octanol–water partition coefficient (Wildman–Crippen LogP) is 3.18. The van der Waals surface area contributed by atoms with Crippen molar-refractivity contribution in [2.75, 3.05) is 0 Å². The Morgan fingerprint density at radius 1 is 1.00 bits per heavy atom. The minimum absolute atomic E-state index is 0.0482. The lowest BCUT2D eigenvalue weighted by Gasteiger charge is -2.16. The normalized spacial score (nSPS) is 12.7. The van der Waals surface area contributed by atoms with Crippen LogP contribution in [0.4, 0.5) is 13.2 Å². The summed E-state index contributed by atoms with van der Waals surface area (Å²) < 4.78 is 38.2. The maximum absolute atomic E-state index is 12.7. The van der Waals surface area contributed by atoms with Gasteiger partial charge in [0, 0.05) is 28.9 Å². The van der Waals surface area contributed by atoms with Crippen molar-refractivity contribution in [1.29, 1.82) is 0 Å². The van der Waals surface area contributed by atoms with E-state index in [4.69, 9.17) is 0 Å². The Kier molecular flexibility index (Phi) is 3.07. The average Bonchev–Trinajstić information content (AvgIpc) is 2.76. The van der Waals surface area contributed by atoms with E-state index in [2.05, 4.69) is 15.1 Å². The number of hydrogen-bond acceptors (Lipinski definition) is 3. The number of hydrogen-bond donors (Lipinski definition) is 1. The summed E-state index contributed by atoms with van der Waals surface area (Å²) >= 11 is 0. The van der Waals surface area contributed by atoms with Crippen molar-refractivity contribution in [1.82, 2.24) is 20.2 Å². The molecule has 0 aliphatic carbocycles. The van der Waals surface area contributed by atoms with Crippen molar-refractivity contribution in [3.63, 3.8) is 0 Å². The molecule has 2 rings (SSSR count). The van der Waals surface area contributed by atoms with Crippen molar-refractivity contribution in [2.45, 2.75) is 32.4 Å². The smallest absolute Gasteiger partial charge is 0.273 e. The second-order valence-corrected chi connectivity index (χ2v) is 5.20. The Labute approximate surface area is 108 Å². The molecule has 0 fully saturated rings. The zero-order chi connectivity index (χ0) is 14.3. The number of alkyl halides is 3. The van der Waals surface area contributed by atoms with Gasteiger partial charge in [0.2, 0.25) is 0 Å². The van der Waals surface area contributed by atoms with Gasteiger partial charge in [-0.25, -0.2) is 9.97 Å². The summed E-state index contributed by atoms with van der Waals surface area (Å²) in [5.41, 5.74) is -0.899. The summed E-state index contributed by atoms with van der Waals surface area (Å²) in [6.45, 7) is 5.79. The number of rotatable bonds is 1. The van der Waals surface area contributed by atoms with E-state index >= 15 is 0 Å². The zero-order valence-electron chi connectivity index (χ0n) is 10.7. The van der Waals surface area contributed by atoms with Gasteiger partial charge in [-0.05, 0) is 0 Å². The van der Waals surface area contributed by atoms with Gasteiger partial charge in [-0.15, -0.1) is 0 Å². The van der Waals surface area contributed by atoms with Gasteiger partial charge in [-0.1, -0.05) is 20.8 Å². The van der Waals surface area contributed by atoms with E-state index < -0.39 is 11.9 Å². The van der Waals surface area contributed by atoms with Crippen LogP contribution in [0, 0.1) is 0 Å². The van der Waals surface area contributed by atoms with Crippen molar-refractivity contribution < 1.29 is 13.2 Å². The largest absolute Gasteiger partial charge is 0.433 e. The molecular weight excluding hydrogens is 257 g/mol. The first kappa shape index (κ1) is 13.5. The van der Waals surface area contributed by atoms with Crippen molar-refractivity contribution >= 4 is 0 Å². The highest BCUT2D eigenvalue weighted by Crippen LogP contribution is 2.35. The lowest BCUT2D eigenvalue weighted by molar-refractivity contribution is -0.140. The Balaban J connectivity index is 2.42. The molecule has 0 spiro atoms. The molecule has 0 aliphatic heterocycles. The van der Waals surface area contributed by atoms with Crippen LogP contribution in [-0.2, 0) is 11.6 Å². The lowest BCUT2D eigenvalue weighted by Crippen LogP contribution is -2.15. The molecule has 0 unspecified atom stereocenters. The summed E-state index contributed by atoms with van der Waals surface area (Å²) in [6.07, 6.45) is -0.589. The van der Waals surface area contributed by atoms with E-state index in [0.29, 0.717) is 5.82 Å². The van der Waals surface area contributed by atoms with Gasteiger partial charge >= 0.3 is 6.18 Å². The number of nitrogens with zero attached hydrogens (tertiary/aromatic N) is 3. The van der Waals surface area contributed by atoms with Gasteiger partial charge in [0.1, 0.15) is 11.5 Å². The summed E-state index contributed by atoms with van der Waals surface area (Å²) in [5, 5.41) is 5.39. The Morgan fingerprint density at radius 2 is 1.58 bits per heavy atom. The third-order valence-electron chi connectivity index (χ3n) is 2.56. The molecule has 7 heteroatoms. The van der Waals surface area contributed by atoms with E-state index in [0.717, 1.165) is 6.20 Å². The minimum atomic E-state index is -4.48. The zero-order valence-corrected chi connectivity index (χ0v) is 10.7. The molecule has 0 aromatic carbocycles. The second kappa shape index (κ2) is 4.32. The van der Waals surface area contributed by atoms with Crippen LogP contribution in [0.2, 0.25) is 0 Å². The maximum Gasteiger partial charge on any atom is 0.433 e. The molecule has 1 N–H and O–H groups in total. The number of aromatic amines is 1. The van der Waals surface area contributed by atoms with Crippen LogP contribution >= 0.6 is 0 Å². The topological polar surface area (TPSA) is 54.5 Å². The fourth-order valence-electron chi connectivity index (χ4n) is 1.58. The van der Waals surface area contributed by atoms with E-state index in [1.54, 1.807) is 0 Å². The molecule has 0 aliphatic rings. The number of aromatic nitrogens is 4. The summed E-state index contributed by atoms with van der Waals surface area (Å²) in [4.78, 5) is 8.22. The number of halogens is 3. The van der Waals surface area contributed by atoms with Gasteiger partial charge < -0.3 is 0 Å². The summed E-state index contributed by atoms with van der Waals surface area (Å²) in [5.74, 6) is 0.577. The van der Waals surface area contributed by atoms with E-state index in [-0.39, 0.29) is 16.5 Å². The standard InChI is InChI=1S/C12H13F3N4/c1-11(2,3)10-16-4-7(5-17-10)8-6-18-19-9(8)12(13,14)15/h4-6H,1-3H3,(H,18,19). The molecule has 0 bridgehead atoms. The number of H-pyrrole nitrogens is 1. The van der Waals surface area contributed by atoms with Crippen LogP contribution in [0.3, 0.4) is 0 Å². The molecule has 2 aromatic heterocycles. The fraction of sp³-hybridized carbons (Fsp3) is 0.417. The fourth-order valence-corrected chi connectivity index (χ4v) is 1.58. The third kappa shape index (κ3) is 2.74. The Hall–Kier alpha value is -1.92. The molecule has 2 heterocycles. The van der Waals surface area contributed by atoms with Crippen LogP contribution in [0.15, 0.2) is 18.6 Å². The van der Waals surface area contributed by atoms with Crippen LogP contribution in [0.1, 0.15) is 32.3 Å². The quantitative estimate of drug-likeness (QED) is 0.865. The molecule has 0 saturated heterocycles. The molecule has 0 atom stereocenters. The molecule has 102 valence electrons. The first-order valence-corrected chi connectivity index (χ1v) is 5.63. The first-order chi connectivity index (χ1) is 8.69. The highest BCUT2D eigenvalue weighted by Gasteiger charge is 2.36. The molecule has 0 amide bonds. The van der Waals surface area contributed by atoms with E-state index in [1.165, 1.54) is 12.4 Å². The van der Waals surface area contributed by atoms with Crippen LogP contribution in [-0.4, -0.2) is 20.2 Å². The van der Waals surface area contributed by atoms with Crippen molar-refractivity contribution in [3.8, 4) is 11.1 Å². The predicted molar refractivity (Wildman–Crippen MR) is 63.3 cm³/mol. The molecule has 0 radical (unpaired) electrons. The van der Waals surface area contributed by atoms with Crippen LogP contribution in [0.5, 0.6) is 0 Å². The van der Waals surface area contributed by atoms with Gasteiger partial charge in [0.15, 0.2) is 0 Å². The molecule has 2 aromatic rings. The highest BCUT2D eigenvalue weighted by molar-refractivity contribution is 5.63. The number of nitrogens with one attached hydrogen (secondary N) is 1. The summed E-state index contributed by atoms with van der Waals surface area (Å²) in [6, 6.07) is 0. The van der Waals surface area contributed by atoms with Gasteiger partial charge in [0.05, 0.1) is 6.20 Å². The Morgan fingerprint density at radius 3 is 2.05 bits per heavy atom. The van der Waals surface area contributed by atoms with Crippen molar-refractivity contribution in [3.05, 3.63) is 30.1 Å². The average molecular weight is 270 g/mol. The van der Waals surface area contributed by atoms with Gasteiger partial charge in [-0.3, -0.25) is 5.10 Å². The van der Waals surface area contributed by atoms with Gasteiger partial charge in [-0.2, -0.15) is 18.3 Å². The van der Waals surface area contributed by atoms with Crippen LogP contribution in [0.25, 0.3) is 11.1 Å². The molecule has 19 heavy (non-hydrogen) atoms. The van der Waals surface area contributed by atoms with Crippen molar-refractivity contribution in [2.24, 2.45) is 0 Å². The van der Waals surface area contributed by atoms with Gasteiger partial charge in [0.25, 0.3) is 0 Å². The second-order valence-electron chi connectivity index (χ2n) is 5.20. The molecular formula is C12H13F3N4. The maximum atomic E-state index is 12.7. The Bertz CT molecular complexity index is 564. The van der Waals surface area contributed by atoms with E-state index in [9.17, 15) is 13.2 Å². The van der Waals surface area contributed by atoms with E-state index in [1.807, 2.05) is 25.9 Å². The molecule has 0 saturated carbocycles. The SMILES string of the molecule is CC(C)(C)c1ncc(-c2cn[nH]c2C(F)(F)F)cn1.